The number of hydrogen-bond acceptors (Lipinski definition) is 5. The highest BCUT2D eigenvalue weighted by atomic mass is 19.1. The number of aromatic nitrogens is 4. The van der Waals surface area contributed by atoms with Crippen LogP contribution in [-0.4, -0.2) is 26.5 Å². The van der Waals surface area contributed by atoms with E-state index in [0.717, 1.165) is 46.5 Å². The molecule has 6 rings (SSSR count). The minimum Gasteiger partial charge on any atom is -0.351 e. The molecule has 31 heavy (non-hydrogen) atoms. The molecule has 0 spiro atoms. The fourth-order valence-electron chi connectivity index (χ4n) is 4.40. The third-order valence-electron chi connectivity index (χ3n) is 6.20. The molecule has 1 fully saturated rings. The van der Waals surface area contributed by atoms with Crippen LogP contribution in [0, 0.1) is 12.7 Å². The molecule has 0 bridgehead atoms. The van der Waals surface area contributed by atoms with Gasteiger partial charge in [0, 0.05) is 65.7 Å². The fourth-order valence-corrected chi connectivity index (χ4v) is 4.40. The Morgan fingerprint density at radius 1 is 0.968 bits per heavy atom. The second kappa shape index (κ2) is 7.08. The molecule has 0 saturated heterocycles. The van der Waals surface area contributed by atoms with Crippen LogP contribution in [-0.2, 0) is 13.0 Å². The van der Waals surface area contributed by atoms with Crippen molar-refractivity contribution in [2.75, 3.05) is 11.4 Å². The molecule has 5 nitrogen and oxygen atoms in total. The van der Waals surface area contributed by atoms with Gasteiger partial charge in [0.15, 0.2) is 0 Å². The molecule has 1 aliphatic carbocycles. The highest BCUT2D eigenvalue weighted by molar-refractivity contribution is 5.89. The number of fused-ring (bicyclic) bond motifs is 2. The Hall–Kier alpha value is -3.41. The molecular formula is C25H22FN5. The molecule has 1 saturated carbocycles. The molecule has 0 atom stereocenters. The summed E-state index contributed by atoms with van der Waals surface area (Å²) in [4.78, 5) is 20.7. The van der Waals surface area contributed by atoms with Crippen LogP contribution in [0.15, 0.2) is 48.8 Å². The van der Waals surface area contributed by atoms with Crippen molar-refractivity contribution in [3.05, 3.63) is 77.4 Å². The maximum absolute atomic E-state index is 14.0. The van der Waals surface area contributed by atoms with Crippen LogP contribution >= 0.6 is 0 Å². The van der Waals surface area contributed by atoms with Crippen molar-refractivity contribution in [3.63, 3.8) is 0 Å². The summed E-state index contributed by atoms with van der Waals surface area (Å²) < 4.78 is 14.0. The van der Waals surface area contributed by atoms with Crippen LogP contribution < -0.4 is 4.90 Å². The predicted molar refractivity (Wildman–Crippen MR) is 118 cm³/mol. The van der Waals surface area contributed by atoms with Crippen molar-refractivity contribution < 1.29 is 4.39 Å². The first-order chi connectivity index (χ1) is 15.1. The zero-order valence-electron chi connectivity index (χ0n) is 17.3. The first-order valence-corrected chi connectivity index (χ1v) is 10.8. The number of benzene rings is 1. The van der Waals surface area contributed by atoms with Crippen molar-refractivity contribution in [3.8, 4) is 11.1 Å². The Kier molecular flexibility index (Phi) is 4.19. The van der Waals surface area contributed by atoms with Crippen LogP contribution in [0.5, 0.6) is 0 Å². The first kappa shape index (κ1) is 18.4. The summed E-state index contributed by atoms with van der Waals surface area (Å²) >= 11 is 0. The number of hydrogen-bond donors (Lipinski definition) is 0. The SMILES string of the molecule is Cc1nc(N2CCc3ncc(-c4ccc(C5CC5)nc4)cc3C2)c2cc(F)ccc2n1. The third-order valence-corrected chi connectivity index (χ3v) is 6.20. The Morgan fingerprint density at radius 3 is 2.65 bits per heavy atom. The maximum atomic E-state index is 14.0. The summed E-state index contributed by atoms with van der Waals surface area (Å²) in [5.41, 5.74) is 6.41. The Bertz CT molecular complexity index is 1300. The second-order valence-corrected chi connectivity index (χ2v) is 8.50. The monoisotopic (exact) mass is 411 g/mol. The number of anilines is 1. The van der Waals surface area contributed by atoms with Crippen LogP contribution in [0.3, 0.4) is 0 Å². The predicted octanol–water partition coefficient (Wildman–Crippen LogP) is 4.97. The number of aryl methyl sites for hydroxylation is 1. The van der Waals surface area contributed by atoms with Gasteiger partial charge in [-0.25, -0.2) is 14.4 Å². The van der Waals surface area contributed by atoms with Gasteiger partial charge in [0.05, 0.1) is 5.52 Å². The summed E-state index contributed by atoms with van der Waals surface area (Å²) in [6, 6.07) is 11.2. The molecule has 154 valence electrons. The van der Waals surface area contributed by atoms with Crippen LogP contribution in [0.25, 0.3) is 22.0 Å². The van der Waals surface area contributed by atoms with Crippen molar-refractivity contribution in [1.82, 2.24) is 19.9 Å². The molecule has 3 aromatic heterocycles. The third kappa shape index (κ3) is 3.42. The van der Waals surface area contributed by atoms with Crippen molar-refractivity contribution in [2.45, 2.75) is 38.6 Å². The van der Waals surface area contributed by atoms with E-state index in [2.05, 4.69) is 38.1 Å². The topological polar surface area (TPSA) is 54.8 Å². The van der Waals surface area contributed by atoms with E-state index < -0.39 is 0 Å². The number of halogens is 1. The van der Waals surface area contributed by atoms with Gasteiger partial charge in [0.25, 0.3) is 0 Å². The average Bonchev–Trinajstić information content (AvgIpc) is 3.64. The van der Waals surface area contributed by atoms with Crippen LogP contribution in [0.4, 0.5) is 10.2 Å². The molecule has 6 heteroatoms. The molecule has 1 aliphatic heterocycles. The van der Waals surface area contributed by atoms with Crippen molar-refractivity contribution in [1.29, 1.82) is 0 Å². The van der Waals surface area contributed by atoms with Gasteiger partial charge >= 0.3 is 0 Å². The van der Waals surface area contributed by atoms with Gasteiger partial charge in [0.1, 0.15) is 17.5 Å². The Balaban J connectivity index is 1.35. The minimum absolute atomic E-state index is 0.273. The van der Waals surface area contributed by atoms with E-state index >= 15 is 0 Å². The van der Waals surface area contributed by atoms with E-state index in [1.807, 2.05) is 19.3 Å². The van der Waals surface area contributed by atoms with E-state index in [1.165, 1.54) is 36.2 Å². The summed E-state index contributed by atoms with van der Waals surface area (Å²) in [6.45, 7) is 3.35. The zero-order chi connectivity index (χ0) is 20.9. The van der Waals surface area contributed by atoms with E-state index in [4.69, 9.17) is 4.98 Å². The van der Waals surface area contributed by atoms with Crippen molar-refractivity contribution >= 4 is 16.7 Å². The lowest BCUT2D eigenvalue weighted by molar-refractivity contribution is 0.629. The molecule has 4 aromatic rings. The van der Waals surface area contributed by atoms with Gasteiger partial charge in [-0.15, -0.1) is 0 Å². The molecule has 0 amide bonds. The van der Waals surface area contributed by atoms with Gasteiger partial charge in [-0.1, -0.05) is 6.07 Å². The largest absolute Gasteiger partial charge is 0.351 e. The molecular weight excluding hydrogens is 389 g/mol. The standard InChI is InChI=1S/C25H22FN5/c1-15-29-24-7-5-20(26)11-21(24)25(30-15)31-9-8-23-19(14-31)10-18(13-28-23)17-4-6-22(27-12-17)16-2-3-16/h4-7,10-13,16H,2-3,8-9,14H2,1H3. The minimum atomic E-state index is -0.273. The molecule has 0 radical (unpaired) electrons. The van der Waals surface area contributed by atoms with E-state index in [9.17, 15) is 4.39 Å². The quantitative estimate of drug-likeness (QED) is 0.476. The molecule has 1 aromatic carbocycles. The van der Waals surface area contributed by atoms with Crippen molar-refractivity contribution in [2.24, 2.45) is 0 Å². The van der Waals surface area contributed by atoms with Crippen LogP contribution in [0.1, 0.15) is 41.5 Å². The smallest absolute Gasteiger partial charge is 0.140 e. The van der Waals surface area contributed by atoms with Crippen LogP contribution in [0.2, 0.25) is 0 Å². The van der Waals surface area contributed by atoms with Gasteiger partial charge in [-0.2, -0.15) is 0 Å². The normalized spacial score (nSPS) is 15.9. The lowest BCUT2D eigenvalue weighted by Gasteiger charge is -2.30. The van der Waals surface area contributed by atoms with Gasteiger partial charge < -0.3 is 4.90 Å². The number of rotatable bonds is 3. The van der Waals surface area contributed by atoms with E-state index in [1.54, 1.807) is 6.07 Å². The van der Waals surface area contributed by atoms with Gasteiger partial charge in [-0.05, 0) is 55.7 Å². The lowest BCUT2D eigenvalue weighted by Crippen LogP contribution is -2.32. The van der Waals surface area contributed by atoms with Gasteiger partial charge in [0.2, 0.25) is 0 Å². The number of nitrogens with zero attached hydrogens (tertiary/aromatic N) is 5. The molecule has 0 N–H and O–H groups in total. The molecule has 4 heterocycles. The second-order valence-electron chi connectivity index (χ2n) is 8.50. The summed E-state index contributed by atoms with van der Waals surface area (Å²) in [5.74, 6) is 1.85. The Labute approximate surface area is 180 Å². The summed E-state index contributed by atoms with van der Waals surface area (Å²) in [5, 5.41) is 0.748. The zero-order valence-corrected chi connectivity index (χ0v) is 17.3. The number of pyridine rings is 2. The average molecular weight is 411 g/mol. The molecule has 0 unspecified atom stereocenters. The summed E-state index contributed by atoms with van der Waals surface area (Å²) in [7, 11) is 0. The van der Waals surface area contributed by atoms with E-state index in [0.29, 0.717) is 18.3 Å². The Morgan fingerprint density at radius 2 is 1.84 bits per heavy atom. The highest BCUT2D eigenvalue weighted by Gasteiger charge is 2.25. The molecule has 2 aliphatic rings. The lowest BCUT2D eigenvalue weighted by atomic mass is 10.0. The fraction of sp³-hybridized carbons (Fsp3) is 0.280. The maximum Gasteiger partial charge on any atom is 0.140 e. The highest BCUT2D eigenvalue weighted by Crippen LogP contribution is 2.39. The summed E-state index contributed by atoms with van der Waals surface area (Å²) in [6.07, 6.45) is 7.24. The first-order valence-electron chi connectivity index (χ1n) is 10.8. The van der Waals surface area contributed by atoms with E-state index in [-0.39, 0.29) is 5.82 Å². The van der Waals surface area contributed by atoms with Gasteiger partial charge in [-0.3, -0.25) is 9.97 Å².